The molecule has 1 aromatic carbocycles. The summed E-state index contributed by atoms with van der Waals surface area (Å²) in [6, 6.07) is 6.86. The van der Waals surface area contributed by atoms with Crippen molar-refractivity contribution in [3.63, 3.8) is 0 Å². The maximum atomic E-state index is 10.6. The maximum Gasteiger partial charge on any atom is 0.328 e. The van der Waals surface area contributed by atoms with Crippen molar-refractivity contribution in [1.29, 1.82) is 0 Å². The van der Waals surface area contributed by atoms with E-state index in [1.165, 1.54) is 6.08 Å². The van der Waals surface area contributed by atoms with Crippen molar-refractivity contribution in [3.05, 3.63) is 52.4 Å². The number of aromatic nitrogens is 1. The van der Waals surface area contributed by atoms with E-state index in [-0.39, 0.29) is 6.61 Å². The first-order chi connectivity index (χ1) is 9.56. The summed E-state index contributed by atoms with van der Waals surface area (Å²) in [7, 11) is 0. The lowest BCUT2D eigenvalue weighted by molar-refractivity contribution is -0.131. The molecule has 0 amide bonds. The molecule has 0 unspecified atom stereocenters. The minimum atomic E-state index is -1.04. The number of rotatable bonds is 5. The Kier molecular flexibility index (Phi) is 4.42. The number of carboxylic acid groups (broad SMARTS) is 1. The Morgan fingerprint density at radius 1 is 1.55 bits per heavy atom. The Balaban J connectivity index is 2.19. The third-order valence-corrected chi connectivity index (χ3v) is 2.74. The van der Waals surface area contributed by atoms with Gasteiger partial charge in [0, 0.05) is 17.7 Å². The highest BCUT2D eigenvalue weighted by molar-refractivity contribution is 6.32. The topological polar surface area (TPSA) is 72.6 Å². The first kappa shape index (κ1) is 14.1. The molecular weight excluding hydrogens is 282 g/mol. The van der Waals surface area contributed by atoms with Crippen LogP contribution in [0.3, 0.4) is 0 Å². The lowest BCUT2D eigenvalue weighted by Gasteiger charge is -2.09. The van der Waals surface area contributed by atoms with E-state index in [2.05, 4.69) is 5.16 Å². The molecule has 0 aliphatic heterocycles. The molecule has 0 atom stereocenters. The summed E-state index contributed by atoms with van der Waals surface area (Å²) in [5.41, 5.74) is 1.22. The fourth-order valence-corrected chi connectivity index (χ4v) is 1.84. The average molecular weight is 294 g/mol. The first-order valence-corrected chi connectivity index (χ1v) is 6.18. The van der Waals surface area contributed by atoms with Crippen LogP contribution in [0.15, 0.2) is 34.9 Å². The number of carboxylic acids is 1. The molecule has 5 nitrogen and oxygen atoms in total. The third kappa shape index (κ3) is 3.61. The normalized spacial score (nSPS) is 10.9. The van der Waals surface area contributed by atoms with Crippen LogP contribution in [0.5, 0.6) is 5.75 Å². The molecule has 0 radical (unpaired) electrons. The fourth-order valence-electron chi connectivity index (χ4n) is 1.60. The summed E-state index contributed by atoms with van der Waals surface area (Å²) >= 11 is 6.07. The van der Waals surface area contributed by atoms with Crippen LogP contribution >= 0.6 is 11.6 Å². The van der Waals surface area contributed by atoms with E-state index < -0.39 is 5.97 Å². The Labute approximate surface area is 120 Å². The van der Waals surface area contributed by atoms with Crippen LogP contribution in [-0.4, -0.2) is 16.2 Å². The Morgan fingerprint density at radius 3 is 3.00 bits per heavy atom. The van der Waals surface area contributed by atoms with Crippen molar-refractivity contribution in [2.45, 2.75) is 13.5 Å². The van der Waals surface area contributed by atoms with Gasteiger partial charge in [-0.1, -0.05) is 28.9 Å². The SMILES string of the molecule is Cc1cc(COc2c(Cl)cccc2/C=C/C(=O)O)no1. The molecule has 6 heteroatoms. The van der Waals surface area contributed by atoms with Crippen LogP contribution in [0.2, 0.25) is 5.02 Å². The van der Waals surface area contributed by atoms with Gasteiger partial charge in [-0.2, -0.15) is 0 Å². The molecule has 0 saturated heterocycles. The van der Waals surface area contributed by atoms with E-state index in [0.717, 1.165) is 6.08 Å². The van der Waals surface area contributed by atoms with Crippen LogP contribution in [0.4, 0.5) is 0 Å². The highest BCUT2D eigenvalue weighted by atomic mass is 35.5. The first-order valence-electron chi connectivity index (χ1n) is 5.81. The zero-order valence-electron chi connectivity index (χ0n) is 10.7. The zero-order chi connectivity index (χ0) is 14.5. The molecule has 0 fully saturated rings. The molecular formula is C14H12ClNO4. The quantitative estimate of drug-likeness (QED) is 0.856. The van der Waals surface area contributed by atoms with E-state index in [1.54, 1.807) is 31.2 Å². The van der Waals surface area contributed by atoms with Crippen molar-refractivity contribution in [2.75, 3.05) is 0 Å². The smallest absolute Gasteiger partial charge is 0.328 e. The third-order valence-electron chi connectivity index (χ3n) is 2.44. The van der Waals surface area contributed by atoms with Gasteiger partial charge in [-0.15, -0.1) is 0 Å². The molecule has 1 N–H and O–H groups in total. The number of aryl methyl sites for hydroxylation is 1. The van der Waals surface area contributed by atoms with Crippen molar-refractivity contribution < 1.29 is 19.2 Å². The van der Waals surface area contributed by atoms with Gasteiger partial charge >= 0.3 is 5.97 Å². The van der Waals surface area contributed by atoms with Crippen molar-refractivity contribution in [1.82, 2.24) is 5.16 Å². The molecule has 0 saturated carbocycles. The summed E-state index contributed by atoms with van der Waals surface area (Å²) in [6.07, 6.45) is 2.45. The number of hydrogen-bond acceptors (Lipinski definition) is 4. The Bertz CT molecular complexity index is 648. The molecule has 0 aliphatic rings. The predicted octanol–water partition coefficient (Wildman–Crippen LogP) is 3.31. The van der Waals surface area contributed by atoms with Crippen LogP contribution in [0, 0.1) is 6.92 Å². The molecule has 20 heavy (non-hydrogen) atoms. The highest BCUT2D eigenvalue weighted by Crippen LogP contribution is 2.30. The summed E-state index contributed by atoms with van der Waals surface area (Å²) in [5, 5.41) is 12.9. The number of para-hydroxylation sites is 1. The second-order valence-corrected chi connectivity index (χ2v) is 4.45. The van der Waals surface area contributed by atoms with Crippen molar-refractivity contribution in [3.8, 4) is 5.75 Å². The van der Waals surface area contributed by atoms with Crippen molar-refractivity contribution >= 4 is 23.6 Å². The monoisotopic (exact) mass is 293 g/mol. The van der Waals surface area contributed by atoms with Gasteiger partial charge in [0.2, 0.25) is 0 Å². The van der Waals surface area contributed by atoms with Gasteiger partial charge < -0.3 is 14.4 Å². The van der Waals surface area contributed by atoms with E-state index in [0.29, 0.717) is 27.8 Å². The Hall–Kier alpha value is -2.27. The van der Waals surface area contributed by atoms with Crippen LogP contribution < -0.4 is 4.74 Å². The number of benzene rings is 1. The van der Waals surface area contributed by atoms with Crippen LogP contribution in [0.1, 0.15) is 17.0 Å². The van der Waals surface area contributed by atoms with Crippen LogP contribution in [0.25, 0.3) is 6.08 Å². The fraction of sp³-hybridized carbons (Fsp3) is 0.143. The number of halogens is 1. The summed E-state index contributed by atoms with van der Waals surface area (Å²) in [6.45, 7) is 1.97. The molecule has 0 aliphatic carbocycles. The molecule has 1 heterocycles. The standard InChI is InChI=1S/C14H12ClNO4/c1-9-7-11(16-20-9)8-19-14-10(5-6-13(17)18)3-2-4-12(14)15/h2-7H,8H2,1H3,(H,17,18)/b6-5+. The van der Waals surface area contributed by atoms with E-state index in [4.69, 9.17) is 26.0 Å². The molecule has 0 bridgehead atoms. The van der Waals surface area contributed by atoms with Crippen molar-refractivity contribution in [2.24, 2.45) is 0 Å². The van der Waals surface area contributed by atoms with Gasteiger partial charge in [0.1, 0.15) is 23.8 Å². The molecule has 1 aromatic heterocycles. The second kappa shape index (κ2) is 6.25. The average Bonchev–Trinajstić information content (AvgIpc) is 2.81. The van der Waals surface area contributed by atoms with E-state index in [1.807, 2.05) is 0 Å². The van der Waals surface area contributed by atoms with Crippen LogP contribution in [-0.2, 0) is 11.4 Å². The molecule has 104 valence electrons. The summed E-state index contributed by atoms with van der Waals surface area (Å²) in [4.78, 5) is 10.6. The van der Waals surface area contributed by atoms with Gasteiger partial charge in [-0.05, 0) is 19.1 Å². The maximum absolute atomic E-state index is 10.6. The minimum Gasteiger partial charge on any atom is -0.485 e. The lowest BCUT2D eigenvalue weighted by atomic mass is 10.2. The number of carbonyl (C=O) groups is 1. The predicted molar refractivity (Wildman–Crippen MR) is 73.7 cm³/mol. The molecule has 0 spiro atoms. The van der Waals surface area contributed by atoms with Gasteiger partial charge in [-0.3, -0.25) is 0 Å². The van der Waals surface area contributed by atoms with Gasteiger partial charge in [0.15, 0.2) is 0 Å². The Morgan fingerprint density at radius 2 is 2.35 bits per heavy atom. The van der Waals surface area contributed by atoms with E-state index >= 15 is 0 Å². The lowest BCUT2D eigenvalue weighted by Crippen LogP contribution is -1.98. The van der Waals surface area contributed by atoms with Gasteiger partial charge in [-0.25, -0.2) is 4.79 Å². The van der Waals surface area contributed by atoms with E-state index in [9.17, 15) is 4.79 Å². The summed E-state index contributed by atoms with van der Waals surface area (Å²) < 4.78 is 10.5. The second-order valence-electron chi connectivity index (χ2n) is 4.05. The minimum absolute atomic E-state index is 0.189. The highest BCUT2D eigenvalue weighted by Gasteiger charge is 2.08. The molecule has 2 aromatic rings. The number of ether oxygens (including phenoxy) is 1. The molecule has 2 rings (SSSR count). The number of aliphatic carboxylic acids is 1. The van der Waals surface area contributed by atoms with Gasteiger partial charge in [0.05, 0.1) is 5.02 Å². The number of hydrogen-bond donors (Lipinski definition) is 1. The summed E-state index contributed by atoms with van der Waals surface area (Å²) in [5.74, 6) is 0.0594. The number of nitrogens with zero attached hydrogens (tertiary/aromatic N) is 1. The largest absolute Gasteiger partial charge is 0.485 e. The van der Waals surface area contributed by atoms with Gasteiger partial charge in [0.25, 0.3) is 0 Å². The zero-order valence-corrected chi connectivity index (χ0v) is 11.4.